The van der Waals surface area contributed by atoms with Gasteiger partial charge in [0.15, 0.2) is 0 Å². The first-order chi connectivity index (χ1) is 13.5. The van der Waals surface area contributed by atoms with Crippen molar-refractivity contribution in [2.45, 2.75) is 141 Å². The van der Waals surface area contributed by atoms with E-state index in [-0.39, 0.29) is 0 Å². The predicted octanol–water partition coefficient (Wildman–Crippen LogP) is 7.06. The smallest absolute Gasteiger partial charge is 0.267 e. The minimum absolute atomic E-state index is 0.346. The standard InChI is InChI=1S/C23H48O4S/c1-2-23(28(25,26)27)21-19-17-15-13-11-9-7-5-3-4-6-8-10-12-14-16-18-20-22-24/h23-24H,2-22H2,1H3,(H,25,26,27). The van der Waals surface area contributed by atoms with Crippen molar-refractivity contribution in [1.29, 1.82) is 0 Å². The van der Waals surface area contributed by atoms with Crippen molar-refractivity contribution in [3.8, 4) is 0 Å². The molecule has 1 unspecified atom stereocenters. The fourth-order valence-electron chi connectivity index (χ4n) is 3.88. The molecule has 2 N–H and O–H groups in total. The zero-order valence-corrected chi connectivity index (χ0v) is 19.4. The molecule has 1 atom stereocenters. The molecule has 0 spiro atoms. The molecule has 0 aliphatic heterocycles. The highest BCUT2D eigenvalue weighted by molar-refractivity contribution is 7.86. The number of aliphatic hydroxyl groups is 1. The van der Waals surface area contributed by atoms with Crippen LogP contribution >= 0.6 is 0 Å². The fraction of sp³-hybridized carbons (Fsp3) is 1.00. The molecule has 0 aromatic heterocycles. The molecule has 0 aliphatic carbocycles. The molecule has 5 heteroatoms. The van der Waals surface area contributed by atoms with Gasteiger partial charge in [-0.25, -0.2) is 0 Å². The Morgan fingerprint density at radius 3 is 1.11 bits per heavy atom. The molecule has 0 amide bonds. The lowest BCUT2D eigenvalue weighted by Gasteiger charge is -2.10. The maximum atomic E-state index is 11.1. The second-order valence-corrected chi connectivity index (χ2v) is 10.1. The molecule has 0 radical (unpaired) electrons. The molecule has 0 rings (SSSR count). The van der Waals surface area contributed by atoms with Crippen LogP contribution < -0.4 is 0 Å². The lowest BCUT2D eigenvalue weighted by Crippen LogP contribution is -2.19. The second-order valence-electron chi connectivity index (χ2n) is 8.42. The minimum Gasteiger partial charge on any atom is -0.396 e. The summed E-state index contributed by atoms with van der Waals surface area (Å²) in [5.41, 5.74) is 0. The number of aliphatic hydroxyl groups excluding tert-OH is 1. The van der Waals surface area contributed by atoms with Crippen LogP contribution in [0.4, 0.5) is 0 Å². The summed E-state index contributed by atoms with van der Waals surface area (Å²) in [6.07, 6.45) is 23.9. The van der Waals surface area contributed by atoms with Crippen molar-refractivity contribution in [2.24, 2.45) is 0 Å². The van der Waals surface area contributed by atoms with Crippen LogP contribution in [0.15, 0.2) is 0 Å². The lowest BCUT2D eigenvalue weighted by atomic mass is 10.0. The van der Waals surface area contributed by atoms with Gasteiger partial charge >= 0.3 is 0 Å². The van der Waals surface area contributed by atoms with Gasteiger partial charge in [0, 0.05) is 6.61 Å². The summed E-state index contributed by atoms with van der Waals surface area (Å²) >= 11 is 0. The van der Waals surface area contributed by atoms with Crippen molar-refractivity contribution < 1.29 is 18.1 Å². The Balaban J connectivity index is 3.18. The molecule has 0 saturated heterocycles. The van der Waals surface area contributed by atoms with Gasteiger partial charge in [-0.1, -0.05) is 116 Å². The van der Waals surface area contributed by atoms with E-state index >= 15 is 0 Å². The summed E-state index contributed by atoms with van der Waals surface area (Å²) in [6, 6.07) is 0. The van der Waals surface area contributed by atoms with Gasteiger partial charge in [-0.3, -0.25) is 4.55 Å². The molecule has 0 aliphatic rings. The number of unbranched alkanes of at least 4 members (excludes halogenated alkanes) is 17. The summed E-state index contributed by atoms with van der Waals surface area (Å²) < 4.78 is 31.4. The summed E-state index contributed by atoms with van der Waals surface area (Å²) in [4.78, 5) is 0. The Morgan fingerprint density at radius 1 is 0.571 bits per heavy atom. The van der Waals surface area contributed by atoms with Crippen LogP contribution in [0.1, 0.15) is 135 Å². The maximum absolute atomic E-state index is 11.1. The molecule has 0 aromatic carbocycles. The third-order valence-corrected chi connectivity index (χ3v) is 7.22. The van der Waals surface area contributed by atoms with Crippen LogP contribution in [0, 0.1) is 0 Å². The second kappa shape index (κ2) is 20.2. The Morgan fingerprint density at radius 2 is 0.857 bits per heavy atom. The average molecular weight is 421 g/mol. The normalized spacial score (nSPS) is 13.1. The van der Waals surface area contributed by atoms with Gasteiger partial charge in [0.05, 0.1) is 5.25 Å². The number of rotatable bonds is 22. The van der Waals surface area contributed by atoms with Crippen LogP contribution in [0.3, 0.4) is 0 Å². The fourth-order valence-corrected chi connectivity index (χ4v) is 4.76. The van der Waals surface area contributed by atoms with Gasteiger partial charge in [0.2, 0.25) is 0 Å². The van der Waals surface area contributed by atoms with Crippen molar-refractivity contribution in [3.05, 3.63) is 0 Å². The van der Waals surface area contributed by atoms with E-state index < -0.39 is 15.4 Å². The average Bonchev–Trinajstić information content (AvgIpc) is 2.65. The number of hydrogen-bond donors (Lipinski definition) is 2. The van der Waals surface area contributed by atoms with Gasteiger partial charge < -0.3 is 5.11 Å². The highest BCUT2D eigenvalue weighted by atomic mass is 32.2. The Hall–Kier alpha value is -0.130. The molecular formula is C23H48O4S. The van der Waals surface area contributed by atoms with Gasteiger partial charge in [0.25, 0.3) is 10.1 Å². The van der Waals surface area contributed by atoms with E-state index in [1.165, 1.54) is 96.3 Å². The van der Waals surface area contributed by atoms with Gasteiger partial charge in [-0.2, -0.15) is 8.42 Å². The van der Waals surface area contributed by atoms with Crippen molar-refractivity contribution in [2.75, 3.05) is 6.61 Å². The molecule has 0 saturated carbocycles. The molecule has 28 heavy (non-hydrogen) atoms. The zero-order valence-electron chi connectivity index (χ0n) is 18.5. The quantitative estimate of drug-likeness (QED) is 0.145. The highest BCUT2D eigenvalue weighted by Gasteiger charge is 2.19. The van der Waals surface area contributed by atoms with Gasteiger partial charge in [-0.15, -0.1) is 0 Å². The zero-order chi connectivity index (χ0) is 20.9. The molecular weight excluding hydrogens is 372 g/mol. The van der Waals surface area contributed by atoms with Crippen molar-refractivity contribution >= 4 is 10.1 Å². The first-order valence-corrected chi connectivity index (χ1v) is 13.6. The third-order valence-electron chi connectivity index (χ3n) is 5.81. The van der Waals surface area contributed by atoms with E-state index in [2.05, 4.69) is 0 Å². The van der Waals surface area contributed by atoms with E-state index in [1.54, 1.807) is 0 Å². The summed E-state index contributed by atoms with van der Waals surface area (Å²) in [7, 11) is -3.85. The molecule has 0 aromatic rings. The summed E-state index contributed by atoms with van der Waals surface area (Å²) in [6.45, 7) is 2.17. The molecule has 170 valence electrons. The van der Waals surface area contributed by atoms with E-state index in [0.717, 1.165) is 19.3 Å². The summed E-state index contributed by atoms with van der Waals surface area (Å²) in [5, 5.41) is 8.16. The minimum atomic E-state index is -3.85. The Kier molecular flexibility index (Phi) is 20.1. The third kappa shape index (κ3) is 19.2. The Bertz CT molecular complexity index is 409. The van der Waals surface area contributed by atoms with Gasteiger partial charge in [0.1, 0.15) is 0 Å². The first kappa shape index (κ1) is 27.9. The predicted molar refractivity (Wildman–Crippen MR) is 120 cm³/mol. The van der Waals surface area contributed by atoms with Crippen LogP contribution in [0.2, 0.25) is 0 Å². The maximum Gasteiger partial charge on any atom is 0.267 e. The molecule has 4 nitrogen and oxygen atoms in total. The van der Waals surface area contributed by atoms with Crippen molar-refractivity contribution in [1.82, 2.24) is 0 Å². The summed E-state index contributed by atoms with van der Waals surface area (Å²) in [5.74, 6) is 0. The van der Waals surface area contributed by atoms with Crippen LogP contribution in [-0.4, -0.2) is 29.9 Å². The van der Waals surface area contributed by atoms with Gasteiger partial charge in [-0.05, 0) is 19.3 Å². The van der Waals surface area contributed by atoms with E-state index in [1.807, 2.05) is 6.92 Å². The lowest BCUT2D eigenvalue weighted by molar-refractivity contribution is 0.282. The van der Waals surface area contributed by atoms with Crippen LogP contribution in [0.5, 0.6) is 0 Å². The van der Waals surface area contributed by atoms with E-state index in [0.29, 0.717) is 19.4 Å². The molecule has 0 fully saturated rings. The topological polar surface area (TPSA) is 74.6 Å². The van der Waals surface area contributed by atoms with Crippen LogP contribution in [0.25, 0.3) is 0 Å². The van der Waals surface area contributed by atoms with E-state index in [4.69, 9.17) is 9.66 Å². The van der Waals surface area contributed by atoms with Crippen molar-refractivity contribution in [3.63, 3.8) is 0 Å². The first-order valence-electron chi connectivity index (χ1n) is 12.1. The molecule has 0 heterocycles. The van der Waals surface area contributed by atoms with Crippen LogP contribution in [-0.2, 0) is 10.1 Å². The SMILES string of the molecule is CCC(CCCCCCCCCCCCCCCCCCCCO)S(=O)(=O)O. The number of hydrogen-bond acceptors (Lipinski definition) is 3. The largest absolute Gasteiger partial charge is 0.396 e. The monoisotopic (exact) mass is 420 g/mol. The van der Waals surface area contributed by atoms with E-state index in [9.17, 15) is 8.42 Å². The highest BCUT2D eigenvalue weighted by Crippen LogP contribution is 2.17. The Labute approximate surface area is 175 Å². The molecule has 0 bridgehead atoms.